The number of nitrogens with one attached hydrogen (secondary N) is 3. The molecule has 0 saturated carbocycles. The summed E-state index contributed by atoms with van der Waals surface area (Å²) in [6.45, 7) is 7.54. The lowest BCUT2D eigenvalue weighted by atomic mass is 10.0. The molecule has 0 atom stereocenters. The van der Waals surface area contributed by atoms with E-state index in [0.717, 1.165) is 29.7 Å². The first-order chi connectivity index (χ1) is 15.3. The molecule has 3 heterocycles. The maximum Gasteiger partial charge on any atom is 0.268 e. The van der Waals surface area contributed by atoms with Gasteiger partial charge in [-0.25, -0.2) is 0 Å². The van der Waals surface area contributed by atoms with Crippen LogP contribution in [0, 0.1) is 6.92 Å². The molecule has 0 unspecified atom stereocenters. The second-order valence-corrected chi connectivity index (χ2v) is 8.80. The molecule has 1 aromatic carbocycles. The number of rotatable bonds is 6. The quantitative estimate of drug-likeness (QED) is 0.417. The Morgan fingerprint density at radius 1 is 1.28 bits per heavy atom. The Morgan fingerprint density at radius 3 is 2.75 bits per heavy atom. The number of H-pyrrole nitrogens is 1. The fraction of sp³-hybridized carbons (Fsp3) is 0.348. The van der Waals surface area contributed by atoms with Crippen molar-refractivity contribution in [2.45, 2.75) is 13.8 Å². The van der Waals surface area contributed by atoms with E-state index in [2.05, 4.69) is 36.4 Å². The number of halogens is 1. The molecular weight excluding hydrogens is 476 g/mol. The highest BCUT2D eigenvalue weighted by Crippen LogP contribution is 2.35. The molecule has 2 amide bonds. The molecule has 0 bridgehead atoms. The van der Waals surface area contributed by atoms with Gasteiger partial charge in [-0.05, 0) is 43.7 Å². The number of morpholine rings is 1. The van der Waals surface area contributed by atoms with Gasteiger partial charge < -0.3 is 20.4 Å². The van der Waals surface area contributed by atoms with E-state index in [1.165, 1.54) is 6.92 Å². The fourth-order valence-electron chi connectivity index (χ4n) is 4.10. The molecule has 0 radical (unpaired) electrons. The predicted molar refractivity (Wildman–Crippen MR) is 126 cm³/mol. The minimum Gasteiger partial charge on any atom is -0.379 e. The highest BCUT2D eigenvalue weighted by atomic mass is 79.9. The van der Waals surface area contributed by atoms with E-state index in [1.807, 2.05) is 18.2 Å². The number of anilines is 1. The van der Waals surface area contributed by atoms with Gasteiger partial charge in [0.15, 0.2) is 5.78 Å². The molecular formula is C23H25BrN4O4. The lowest BCUT2D eigenvalue weighted by Gasteiger charge is -2.26. The summed E-state index contributed by atoms with van der Waals surface area (Å²) in [5.74, 6) is -0.705. The molecule has 2 aromatic rings. The largest absolute Gasteiger partial charge is 0.379 e. The zero-order chi connectivity index (χ0) is 22.8. The van der Waals surface area contributed by atoms with Crippen LogP contribution in [0.1, 0.15) is 44.6 Å². The average molecular weight is 501 g/mol. The summed E-state index contributed by atoms with van der Waals surface area (Å²) in [5.41, 5.74) is 3.64. The minimum absolute atomic E-state index is 0.175. The van der Waals surface area contributed by atoms with Crippen molar-refractivity contribution in [2.24, 2.45) is 0 Å². The number of hydrogen-bond donors (Lipinski definition) is 3. The van der Waals surface area contributed by atoms with Crippen LogP contribution in [0.2, 0.25) is 0 Å². The van der Waals surface area contributed by atoms with Crippen LogP contribution in [0.4, 0.5) is 5.69 Å². The van der Waals surface area contributed by atoms with Crippen molar-refractivity contribution in [1.82, 2.24) is 15.2 Å². The van der Waals surface area contributed by atoms with Crippen molar-refractivity contribution in [1.29, 1.82) is 0 Å². The first-order valence-corrected chi connectivity index (χ1v) is 11.3. The molecule has 0 spiro atoms. The second-order valence-electron chi connectivity index (χ2n) is 7.88. The summed E-state index contributed by atoms with van der Waals surface area (Å²) in [4.78, 5) is 43.1. The summed E-state index contributed by atoms with van der Waals surface area (Å²) in [6.07, 6.45) is 1.64. The van der Waals surface area contributed by atoms with Gasteiger partial charge in [-0.1, -0.05) is 15.9 Å². The molecule has 168 valence electrons. The topological polar surface area (TPSA) is 104 Å². The zero-order valence-corrected chi connectivity index (χ0v) is 19.6. The summed E-state index contributed by atoms with van der Waals surface area (Å²) >= 11 is 3.43. The van der Waals surface area contributed by atoms with Crippen molar-refractivity contribution < 1.29 is 19.1 Å². The number of fused-ring (bicyclic) bond motifs is 1. The Kier molecular flexibility index (Phi) is 6.59. The molecule has 4 rings (SSSR count). The van der Waals surface area contributed by atoms with Gasteiger partial charge in [0, 0.05) is 47.5 Å². The van der Waals surface area contributed by atoms with Gasteiger partial charge in [-0.15, -0.1) is 0 Å². The van der Waals surface area contributed by atoms with Crippen molar-refractivity contribution in [2.75, 3.05) is 44.7 Å². The highest BCUT2D eigenvalue weighted by molar-refractivity contribution is 9.10. The van der Waals surface area contributed by atoms with E-state index in [0.29, 0.717) is 53.5 Å². The Balaban J connectivity index is 1.59. The molecule has 9 heteroatoms. The number of aromatic amines is 1. The van der Waals surface area contributed by atoms with Crippen LogP contribution in [-0.4, -0.2) is 66.9 Å². The average Bonchev–Trinajstić information content (AvgIpc) is 3.25. The molecule has 1 aromatic heterocycles. The van der Waals surface area contributed by atoms with Gasteiger partial charge in [0.2, 0.25) is 0 Å². The van der Waals surface area contributed by atoms with Crippen LogP contribution in [0.25, 0.3) is 11.6 Å². The van der Waals surface area contributed by atoms with Crippen molar-refractivity contribution >= 4 is 50.9 Å². The van der Waals surface area contributed by atoms with E-state index in [1.54, 1.807) is 13.0 Å². The normalized spacial score (nSPS) is 17.3. The summed E-state index contributed by atoms with van der Waals surface area (Å²) < 4.78 is 6.18. The maximum atomic E-state index is 12.8. The van der Waals surface area contributed by atoms with Gasteiger partial charge in [0.1, 0.15) is 5.69 Å². The Morgan fingerprint density at radius 2 is 2.03 bits per heavy atom. The SMILES string of the molecule is CC(=O)c1c(C=C2C(=O)Nc3ccc(Br)cc32)[nH]c(C(=O)NCCN2CCOCC2)c1C. The molecule has 8 nitrogen and oxygen atoms in total. The monoisotopic (exact) mass is 500 g/mol. The Labute approximate surface area is 194 Å². The van der Waals surface area contributed by atoms with Gasteiger partial charge >= 0.3 is 0 Å². The molecule has 1 fully saturated rings. The number of amides is 2. The van der Waals surface area contributed by atoms with Crippen molar-refractivity contribution in [3.63, 3.8) is 0 Å². The standard InChI is InChI=1S/C23H25BrN4O4/c1-13-20(14(2)29)19(12-17-16-11-15(24)3-4-18(16)27-22(17)30)26-21(13)23(31)25-5-6-28-7-9-32-10-8-28/h3-4,11-12,26H,5-10H2,1-2H3,(H,25,31)(H,27,30). The van der Waals surface area contributed by atoms with Gasteiger partial charge in [-0.3, -0.25) is 19.3 Å². The number of nitrogens with zero attached hydrogens (tertiary/aromatic N) is 1. The number of aromatic nitrogens is 1. The zero-order valence-electron chi connectivity index (χ0n) is 18.0. The summed E-state index contributed by atoms with van der Waals surface area (Å²) in [6, 6.07) is 5.51. The van der Waals surface area contributed by atoms with Crippen LogP contribution >= 0.6 is 15.9 Å². The molecule has 2 aliphatic rings. The molecule has 0 aliphatic carbocycles. The predicted octanol–water partition coefficient (Wildman–Crippen LogP) is 2.84. The molecule has 2 aliphatic heterocycles. The Hall–Kier alpha value is -2.75. The lowest BCUT2D eigenvalue weighted by Crippen LogP contribution is -2.41. The van der Waals surface area contributed by atoms with E-state index in [9.17, 15) is 14.4 Å². The van der Waals surface area contributed by atoms with E-state index >= 15 is 0 Å². The number of hydrogen-bond acceptors (Lipinski definition) is 5. The summed E-state index contributed by atoms with van der Waals surface area (Å²) in [7, 11) is 0. The van der Waals surface area contributed by atoms with E-state index in [4.69, 9.17) is 4.74 Å². The third kappa shape index (κ3) is 4.55. The number of carbonyl (C=O) groups excluding carboxylic acids is 3. The smallest absolute Gasteiger partial charge is 0.268 e. The third-order valence-corrected chi connectivity index (χ3v) is 6.22. The van der Waals surface area contributed by atoms with Gasteiger partial charge in [0.25, 0.3) is 11.8 Å². The minimum atomic E-state index is -0.276. The first-order valence-electron chi connectivity index (χ1n) is 10.5. The van der Waals surface area contributed by atoms with Crippen LogP contribution in [0.5, 0.6) is 0 Å². The second kappa shape index (κ2) is 9.40. The van der Waals surface area contributed by atoms with Gasteiger partial charge in [0.05, 0.1) is 24.5 Å². The Bertz CT molecular complexity index is 1120. The summed E-state index contributed by atoms with van der Waals surface area (Å²) in [5, 5.41) is 5.75. The lowest BCUT2D eigenvalue weighted by molar-refractivity contribution is -0.110. The van der Waals surface area contributed by atoms with Crippen molar-refractivity contribution in [3.8, 4) is 0 Å². The van der Waals surface area contributed by atoms with Crippen LogP contribution in [0.15, 0.2) is 22.7 Å². The number of benzene rings is 1. The highest BCUT2D eigenvalue weighted by Gasteiger charge is 2.27. The van der Waals surface area contributed by atoms with Crippen LogP contribution in [-0.2, 0) is 9.53 Å². The maximum absolute atomic E-state index is 12.8. The third-order valence-electron chi connectivity index (χ3n) is 5.73. The molecule has 32 heavy (non-hydrogen) atoms. The fourth-order valence-corrected chi connectivity index (χ4v) is 4.46. The number of ketones is 1. The van der Waals surface area contributed by atoms with Crippen LogP contribution < -0.4 is 10.6 Å². The van der Waals surface area contributed by atoms with Crippen LogP contribution in [0.3, 0.4) is 0 Å². The number of Topliss-reactive ketones (excluding diaryl/α,β-unsaturated/α-hetero) is 1. The van der Waals surface area contributed by atoms with Gasteiger partial charge in [-0.2, -0.15) is 0 Å². The van der Waals surface area contributed by atoms with E-state index in [-0.39, 0.29) is 17.6 Å². The number of ether oxygens (including phenoxy) is 1. The number of carbonyl (C=O) groups is 3. The molecule has 1 saturated heterocycles. The molecule has 3 N–H and O–H groups in total. The van der Waals surface area contributed by atoms with Crippen molar-refractivity contribution in [3.05, 3.63) is 50.8 Å². The van der Waals surface area contributed by atoms with E-state index < -0.39 is 0 Å². The first kappa shape index (κ1) is 22.4.